The van der Waals surface area contributed by atoms with Gasteiger partial charge >= 0.3 is 0 Å². The molecule has 2 N–H and O–H groups in total. The van der Waals surface area contributed by atoms with Gasteiger partial charge in [-0.2, -0.15) is 0 Å². The first-order chi connectivity index (χ1) is 7.81. The molecular weight excluding hydrogens is 198 g/mol. The Balaban J connectivity index is 2.63. The van der Waals surface area contributed by atoms with Gasteiger partial charge in [-0.05, 0) is 25.0 Å². The third kappa shape index (κ3) is 3.91. The second-order valence-corrected chi connectivity index (χ2v) is 4.05. The van der Waals surface area contributed by atoms with E-state index in [1.54, 1.807) is 0 Å². The van der Waals surface area contributed by atoms with E-state index in [1.165, 1.54) is 12.8 Å². The zero-order valence-electron chi connectivity index (χ0n) is 10.4. The lowest BCUT2D eigenvalue weighted by Crippen LogP contribution is -2.37. The molecule has 1 aromatic heterocycles. The van der Waals surface area contributed by atoms with Crippen molar-refractivity contribution < 1.29 is 0 Å². The quantitative estimate of drug-likeness (QED) is 0.766. The molecule has 0 unspecified atom stereocenters. The van der Waals surface area contributed by atoms with Crippen molar-refractivity contribution in [2.75, 3.05) is 13.1 Å². The molecule has 0 amide bonds. The Morgan fingerprint density at radius 1 is 1.31 bits per heavy atom. The molecule has 0 bridgehead atoms. The van der Waals surface area contributed by atoms with Crippen molar-refractivity contribution in [3.63, 3.8) is 0 Å². The van der Waals surface area contributed by atoms with Crippen LogP contribution >= 0.6 is 0 Å². The van der Waals surface area contributed by atoms with Crippen LogP contribution in [0.2, 0.25) is 0 Å². The predicted octanol–water partition coefficient (Wildman–Crippen LogP) is 2.03. The van der Waals surface area contributed by atoms with E-state index < -0.39 is 0 Å². The third-order valence-electron chi connectivity index (χ3n) is 2.97. The molecule has 3 heteroatoms. The summed E-state index contributed by atoms with van der Waals surface area (Å²) in [4.78, 5) is 6.80. The third-order valence-corrected chi connectivity index (χ3v) is 2.97. The van der Waals surface area contributed by atoms with Gasteiger partial charge in [0.25, 0.3) is 0 Å². The van der Waals surface area contributed by atoms with E-state index in [2.05, 4.69) is 29.8 Å². The lowest BCUT2D eigenvalue weighted by Gasteiger charge is -2.29. The summed E-state index contributed by atoms with van der Waals surface area (Å²) < 4.78 is 0. The minimum Gasteiger partial charge on any atom is -0.329 e. The highest BCUT2D eigenvalue weighted by atomic mass is 15.2. The number of nitrogens with zero attached hydrogens (tertiary/aromatic N) is 2. The number of aromatic nitrogens is 1. The SMILES string of the molecule is CCC(CC)N(CCN)Cc1ccccn1. The van der Waals surface area contributed by atoms with Crippen LogP contribution in [-0.2, 0) is 6.54 Å². The van der Waals surface area contributed by atoms with Crippen LogP contribution < -0.4 is 5.73 Å². The van der Waals surface area contributed by atoms with Gasteiger partial charge in [0.1, 0.15) is 0 Å². The summed E-state index contributed by atoms with van der Waals surface area (Å²) in [6, 6.07) is 6.68. The second kappa shape index (κ2) is 7.36. The molecule has 1 heterocycles. The average molecular weight is 221 g/mol. The Labute approximate surface area is 98.7 Å². The largest absolute Gasteiger partial charge is 0.329 e. The summed E-state index contributed by atoms with van der Waals surface area (Å²) >= 11 is 0. The first-order valence-electron chi connectivity index (χ1n) is 6.15. The van der Waals surface area contributed by atoms with E-state index in [0.29, 0.717) is 12.6 Å². The zero-order chi connectivity index (χ0) is 11.8. The van der Waals surface area contributed by atoms with Crippen LogP contribution in [-0.4, -0.2) is 29.0 Å². The van der Waals surface area contributed by atoms with Crippen molar-refractivity contribution >= 4 is 0 Å². The summed E-state index contributed by atoms with van der Waals surface area (Å²) in [7, 11) is 0. The molecule has 0 radical (unpaired) electrons. The maximum absolute atomic E-state index is 5.67. The van der Waals surface area contributed by atoms with E-state index >= 15 is 0 Å². The monoisotopic (exact) mass is 221 g/mol. The van der Waals surface area contributed by atoms with Gasteiger partial charge < -0.3 is 5.73 Å². The number of hydrogen-bond donors (Lipinski definition) is 1. The summed E-state index contributed by atoms with van der Waals surface area (Å²) in [5.41, 5.74) is 6.80. The molecule has 0 aromatic carbocycles. The molecule has 16 heavy (non-hydrogen) atoms. The van der Waals surface area contributed by atoms with E-state index in [0.717, 1.165) is 18.8 Å². The van der Waals surface area contributed by atoms with Crippen LogP contribution in [0.15, 0.2) is 24.4 Å². The first kappa shape index (κ1) is 13.1. The van der Waals surface area contributed by atoms with Gasteiger partial charge in [0, 0.05) is 31.9 Å². The highest BCUT2D eigenvalue weighted by Gasteiger charge is 2.14. The van der Waals surface area contributed by atoms with Crippen molar-refractivity contribution in [1.82, 2.24) is 9.88 Å². The Bertz CT molecular complexity index is 270. The van der Waals surface area contributed by atoms with Crippen LogP contribution in [0.4, 0.5) is 0 Å². The normalized spacial score (nSPS) is 11.3. The fraction of sp³-hybridized carbons (Fsp3) is 0.615. The molecule has 0 atom stereocenters. The van der Waals surface area contributed by atoms with Gasteiger partial charge in [-0.15, -0.1) is 0 Å². The van der Waals surface area contributed by atoms with Crippen molar-refractivity contribution in [3.8, 4) is 0 Å². The zero-order valence-corrected chi connectivity index (χ0v) is 10.4. The van der Waals surface area contributed by atoms with E-state index in [4.69, 9.17) is 5.73 Å². The lowest BCUT2D eigenvalue weighted by atomic mass is 10.1. The minimum absolute atomic E-state index is 0.616. The maximum Gasteiger partial charge on any atom is 0.0544 e. The number of nitrogens with two attached hydrogens (primary N) is 1. The standard InChI is InChI=1S/C13H23N3/c1-3-13(4-2)16(10-8-14)11-12-7-5-6-9-15-12/h5-7,9,13H,3-4,8,10-11,14H2,1-2H3. The first-order valence-corrected chi connectivity index (χ1v) is 6.15. The molecule has 0 aliphatic heterocycles. The molecule has 1 rings (SSSR count). The molecule has 3 nitrogen and oxygen atoms in total. The summed E-state index contributed by atoms with van der Waals surface area (Å²) in [6.07, 6.45) is 4.19. The fourth-order valence-corrected chi connectivity index (χ4v) is 2.06. The summed E-state index contributed by atoms with van der Waals surface area (Å²) in [5.74, 6) is 0. The minimum atomic E-state index is 0.616. The van der Waals surface area contributed by atoms with Gasteiger partial charge in [0.05, 0.1) is 5.69 Å². The molecule has 0 fully saturated rings. The van der Waals surface area contributed by atoms with Crippen molar-refractivity contribution in [3.05, 3.63) is 30.1 Å². The smallest absolute Gasteiger partial charge is 0.0544 e. The van der Waals surface area contributed by atoms with E-state index in [-0.39, 0.29) is 0 Å². The molecule has 0 spiro atoms. The number of rotatable bonds is 7. The molecule has 90 valence electrons. The lowest BCUT2D eigenvalue weighted by molar-refractivity contribution is 0.180. The van der Waals surface area contributed by atoms with Crippen molar-refractivity contribution in [1.29, 1.82) is 0 Å². The number of hydrogen-bond acceptors (Lipinski definition) is 3. The van der Waals surface area contributed by atoms with E-state index in [1.807, 2.05) is 18.3 Å². The van der Waals surface area contributed by atoms with Crippen LogP contribution in [0.25, 0.3) is 0 Å². The Kier molecular flexibility index (Phi) is 6.04. The second-order valence-electron chi connectivity index (χ2n) is 4.05. The van der Waals surface area contributed by atoms with Crippen LogP contribution in [0.5, 0.6) is 0 Å². The predicted molar refractivity (Wildman–Crippen MR) is 68.1 cm³/mol. The van der Waals surface area contributed by atoms with Gasteiger partial charge in [0.15, 0.2) is 0 Å². The highest BCUT2D eigenvalue weighted by molar-refractivity contribution is 5.03. The van der Waals surface area contributed by atoms with Gasteiger partial charge in [-0.1, -0.05) is 19.9 Å². The molecule has 0 aliphatic carbocycles. The highest BCUT2D eigenvalue weighted by Crippen LogP contribution is 2.11. The molecule has 0 saturated heterocycles. The topological polar surface area (TPSA) is 42.1 Å². The van der Waals surface area contributed by atoms with Crippen molar-refractivity contribution in [2.24, 2.45) is 5.73 Å². The fourth-order valence-electron chi connectivity index (χ4n) is 2.06. The number of pyridine rings is 1. The molecule has 0 saturated carbocycles. The average Bonchev–Trinajstić information content (AvgIpc) is 2.32. The maximum atomic E-state index is 5.67. The molecular formula is C13H23N3. The Morgan fingerprint density at radius 2 is 2.06 bits per heavy atom. The van der Waals surface area contributed by atoms with Gasteiger partial charge in [-0.25, -0.2) is 0 Å². The van der Waals surface area contributed by atoms with E-state index in [9.17, 15) is 0 Å². The van der Waals surface area contributed by atoms with Crippen LogP contribution in [0, 0.1) is 0 Å². The Morgan fingerprint density at radius 3 is 2.56 bits per heavy atom. The van der Waals surface area contributed by atoms with Crippen molar-refractivity contribution in [2.45, 2.75) is 39.3 Å². The van der Waals surface area contributed by atoms with Gasteiger partial charge in [0.2, 0.25) is 0 Å². The summed E-state index contributed by atoms with van der Waals surface area (Å²) in [6.45, 7) is 7.03. The Hall–Kier alpha value is -0.930. The van der Waals surface area contributed by atoms with Gasteiger partial charge in [-0.3, -0.25) is 9.88 Å². The molecule has 0 aliphatic rings. The van der Waals surface area contributed by atoms with Crippen LogP contribution in [0.1, 0.15) is 32.4 Å². The van der Waals surface area contributed by atoms with Crippen LogP contribution in [0.3, 0.4) is 0 Å². The summed E-state index contributed by atoms with van der Waals surface area (Å²) in [5, 5.41) is 0. The molecule has 1 aromatic rings.